The van der Waals surface area contributed by atoms with E-state index in [-0.39, 0.29) is 67.4 Å². The Bertz CT molecular complexity index is 3.90. The zero-order chi connectivity index (χ0) is 0. The predicted octanol–water partition coefficient (Wildman–Crippen LogP) is -1.91. The molecule has 0 fully saturated rings. The van der Waals surface area contributed by atoms with E-state index in [1.165, 1.54) is 0 Å². The van der Waals surface area contributed by atoms with Gasteiger partial charge < -0.3 is 0 Å². The number of rotatable bonds is 0. The topological polar surface area (TPSA) is 0 Å². The minimum absolute atomic E-state index is 0. The summed E-state index contributed by atoms with van der Waals surface area (Å²) in [7, 11) is 0. The maximum Gasteiger partial charge on any atom is 0 e. The molecule has 0 atom stereocenters. The second kappa shape index (κ2) is 99.7. The maximum absolute atomic E-state index is 0. The first-order valence-electron chi connectivity index (χ1n) is 0. The van der Waals surface area contributed by atoms with Gasteiger partial charge >= 0.3 is 0 Å². The first kappa shape index (κ1) is 163. The van der Waals surface area contributed by atoms with Crippen LogP contribution in [0.5, 0.6) is 0 Å². The van der Waals surface area contributed by atoms with Gasteiger partial charge in [-0.3, -0.25) is 0 Å². The normalized spacial score (nSPS) is 0. The third-order valence-electron chi connectivity index (χ3n) is 0. The molecule has 0 rings (SSSR count). The molecule has 0 bridgehead atoms. The van der Waals surface area contributed by atoms with Gasteiger partial charge in [-0.1, -0.05) is 0 Å². The molecular weight excluding hydrogens is 104 g/mol. The van der Waals surface area contributed by atoms with E-state index in [9.17, 15) is 0 Å². The molecule has 0 heterocycles. The van der Waals surface area contributed by atoms with Gasteiger partial charge in [0.1, 0.15) is 0 Å². The van der Waals surface area contributed by atoms with E-state index in [2.05, 4.69) is 0 Å². The van der Waals surface area contributed by atoms with Crippen molar-refractivity contribution in [2.45, 2.75) is 0 Å². The SMILES string of the molecule is [Be].[Be].[Be].[Be].[Be].[Co]. The minimum atomic E-state index is 0. The second-order valence-electron chi connectivity index (χ2n) is 0. The smallest absolute Gasteiger partial charge is 0 e. The van der Waals surface area contributed by atoms with Gasteiger partial charge in [0, 0.05) is 67.4 Å². The summed E-state index contributed by atoms with van der Waals surface area (Å²) in [6.45, 7) is 0. The van der Waals surface area contributed by atoms with Crippen molar-refractivity contribution < 1.29 is 16.8 Å². The van der Waals surface area contributed by atoms with Crippen LogP contribution >= 0.6 is 0 Å². The summed E-state index contributed by atoms with van der Waals surface area (Å²) in [4.78, 5) is 0. The Labute approximate surface area is 67.5 Å². The van der Waals surface area contributed by atoms with Crippen LogP contribution in [0.15, 0.2) is 0 Å². The van der Waals surface area contributed by atoms with E-state index in [0.29, 0.717) is 0 Å². The standard InChI is InChI=1S/5Be.Co. The van der Waals surface area contributed by atoms with Crippen molar-refractivity contribution in [3.63, 3.8) is 0 Å². The van der Waals surface area contributed by atoms with Crippen LogP contribution in [-0.4, -0.2) is 50.6 Å². The molecule has 0 aliphatic heterocycles. The van der Waals surface area contributed by atoms with Crippen LogP contribution in [0.2, 0.25) is 0 Å². The quantitative estimate of drug-likeness (QED) is 0.315. The van der Waals surface area contributed by atoms with Crippen molar-refractivity contribution in [3.8, 4) is 0 Å². The fraction of sp³-hybridized carbons (Fsp3) is 0. The molecule has 0 spiro atoms. The van der Waals surface area contributed by atoms with Crippen molar-refractivity contribution in [1.29, 1.82) is 0 Å². The van der Waals surface area contributed by atoms with Crippen LogP contribution in [0.4, 0.5) is 0 Å². The van der Waals surface area contributed by atoms with Gasteiger partial charge in [-0.05, 0) is 0 Å². The Morgan fingerprint density at radius 1 is 0.333 bits per heavy atom. The summed E-state index contributed by atoms with van der Waals surface area (Å²) in [5.41, 5.74) is 0. The Balaban J connectivity index is 0. The Morgan fingerprint density at radius 2 is 0.333 bits per heavy atom. The maximum atomic E-state index is 0. The van der Waals surface area contributed by atoms with Crippen molar-refractivity contribution in [1.82, 2.24) is 0 Å². The average Bonchev–Trinajstić information content (AvgIpc) is 0. The summed E-state index contributed by atoms with van der Waals surface area (Å²) < 4.78 is 0. The van der Waals surface area contributed by atoms with Crippen LogP contribution in [0, 0.1) is 0 Å². The van der Waals surface area contributed by atoms with Crippen molar-refractivity contribution in [3.05, 3.63) is 0 Å². The van der Waals surface area contributed by atoms with E-state index in [0.717, 1.165) is 0 Å². The van der Waals surface area contributed by atoms with E-state index >= 15 is 0 Å². The Kier molecular flexibility index (Phi) is 2700. The molecule has 0 unspecified atom stereocenters. The van der Waals surface area contributed by atoms with Gasteiger partial charge in [0.25, 0.3) is 0 Å². The molecule has 11 radical (unpaired) electrons. The molecule has 0 saturated heterocycles. The van der Waals surface area contributed by atoms with Crippen LogP contribution < -0.4 is 0 Å². The summed E-state index contributed by atoms with van der Waals surface area (Å²) in [6, 6.07) is 0. The molecule has 0 amide bonds. The van der Waals surface area contributed by atoms with E-state index in [1.807, 2.05) is 0 Å². The zero-order valence-electron chi connectivity index (χ0n) is 3.87. The first-order valence-corrected chi connectivity index (χ1v) is 0. The van der Waals surface area contributed by atoms with E-state index in [1.54, 1.807) is 0 Å². The van der Waals surface area contributed by atoms with Gasteiger partial charge in [-0.25, -0.2) is 0 Å². The molecule has 0 N–H and O–H groups in total. The fourth-order valence-electron chi connectivity index (χ4n) is 0. The monoisotopic (exact) mass is 104 g/mol. The molecule has 0 aromatic heterocycles. The molecule has 0 aromatic rings. The zero-order valence-corrected chi connectivity index (χ0v) is 4.91. The Morgan fingerprint density at radius 3 is 0.333 bits per heavy atom. The van der Waals surface area contributed by atoms with Crippen LogP contribution in [-0.2, 0) is 16.8 Å². The van der Waals surface area contributed by atoms with E-state index < -0.39 is 0 Å². The summed E-state index contributed by atoms with van der Waals surface area (Å²) in [5.74, 6) is 0. The number of hydrogen-bond acceptors (Lipinski definition) is 0. The van der Waals surface area contributed by atoms with Crippen molar-refractivity contribution in [2.24, 2.45) is 0 Å². The second-order valence-corrected chi connectivity index (χ2v) is 0. The summed E-state index contributed by atoms with van der Waals surface area (Å²) >= 11 is 0. The Hall–Kier alpha value is 1.35. The average molecular weight is 104 g/mol. The summed E-state index contributed by atoms with van der Waals surface area (Å²) in [5, 5.41) is 0. The predicted molar refractivity (Wildman–Crippen MR) is 28.8 cm³/mol. The van der Waals surface area contributed by atoms with Gasteiger partial charge in [0.15, 0.2) is 0 Å². The van der Waals surface area contributed by atoms with Crippen molar-refractivity contribution in [2.75, 3.05) is 0 Å². The molecule has 0 aromatic carbocycles. The number of hydrogen-bond donors (Lipinski definition) is 0. The molecule has 0 nitrogen and oxygen atoms in total. The fourth-order valence-corrected chi connectivity index (χ4v) is 0. The largest absolute Gasteiger partial charge is 0 e. The first-order chi connectivity index (χ1) is 0. The van der Waals surface area contributed by atoms with Gasteiger partial charge in [-0.15, -0.1) is 0 Å². The van der Waals surface area contributed by atoms with Crippen LogP contribution in [0.1, 0.15) is 0 Å². The van der Waals surface area contributed by atoms with Crippen LogP contribution in [0.25, 0.3) is 0 Å². The van der Waals surface area contributed by atoms with E-state index in [4.69, 9.17) is 0 Å². The molecule has 6 heteroatoms. The minimum Gasteiger partial charge on any atom is 0 e. The van der Waals surface area contributed by atoms with Crippen LogP contribution in [0.3, 0.4) is 0 Å². The van der Waals surface area contributed by atoms with Gasteiger partial charge in [0.05, 0.1) is 0 Å². The molecule has 0 aliphatic rings. The molecule has 6 heavy (non-hydrogen) atoms. The molecule has 19 valence electrons. The molecular formula is Be5Co. The third kappa shape index (κ3) is 55.5. The molecule has 0 saturated carbocycles. The summed E-state index contributed by atoms with van der Waals surface area (Å²) in [6.07, 6.45) is 0. The van der Waals surface area contributed by atoms with Crippen molar-refractivity contribution >= 4 is 50.6 Å². The van der Waals surface area contributed by atoms with Gasteiger partial charge in [-0.2, -0.15) is 0 Å². The van der Waals surface area contributed by atoms with Gasteiger partial charge in [0.2, 0.25) is 0 Å². The molecule has 0 aliphatic carbocycles. The third-order valence-corrected chi connectivity index (χ3v) is 0.